The summed E-state index contributed by atoms with van der Waals surface area (Å²) >= 11 is 0. The van der Waals surface area contributed by atoms with E-state index in [4.69, 9.17) is 9.47 Å². The van der Waals surface area contributed by atoms with Crippen molar-refractivity contribution < 1.29 is 22.7 Å². The van der Waals surface area contributed by atoms with Gasteiger partial charge in [-0.3, -0.25) is 4.79 Å². The third kappa shape index (κ3) is 6.55. The molecule has 0 spiro atoms. The number of carbonyl (C=O) groups excluding carboxylic acids is 1. The van der Waals surface area contributed by atoms with Crippen molar-refractivity contribution >= 4 is 15.9 Å². The monoisotopic (exact) mass is 344 g/mol. The molecule has 0 saturated carbocycles. The van der Waals surface area contributed by atoms with Crippen LogP contribution in [-0.4, -0.2) is 47.2 Å². The van der Waals surface area contributed by atoms with E-state index < -0.39 is 16.1 Å². The van der Waals surface area contributed by atoms with Crippen molar-refractivity contribution in [2.24, 2.45) is 0 Å². The van der Waals surface area contributed by atoms with Crippen molar-refractivity contribution in [3.63, 3.8) is 0 Å². The predicted molar refractivity (Wildman–Crippen MR) is 86.9 cm³/mol. The standard InChI is InChI=1S/C15H24N2O5S/c1-4-22-11-5-10-16-15(18)12(2)17-23(19,20)14-8-6-13(21-3)7-9-14/h6-9,12,17H,4-5,10-11H2,1-3H3,(H,16,18)/t12-/m1/s1. The molecule has 2 N–H and O–H groups in total. The molecular formula is C15H24N2O5S. The fraction of sp³-hybridized carbons (Fsp3) is 0.533. The lowest BCUT2D eigenvalue weighted by Gasteiger charge is -2.14. The third-order valence-corrected chi connectivity index (χ3v) is 4.62. The van der Waals surface area contributed by atoms with Gasteiger partial charge in [-0.1, -0.05) is 0 Å². The minimum Gasteiger partial charge on any atom is -0.497 e. The number of rotatable bonds is 10. The summed E-state index contributed by atoms with van der Waals surface area (Å²) in [7, 11) is -2.26. The molecule has 0 saturated heterocycles. The minimum atomic E-state index is -3.76. The van der Waals surface area contributed by atoms with E-state index in [1.54, 1.807) is 12.1 Å². The Kier molecular flexibility index (Phi) is 8.01. The van der Waals surface area contributed by atoms with Crippen LogP contribution < -0.4 is 14.8 Å². The number of sulfonamides is 1. The van der Waals surface area contributed by atoms with Crippen molar-refractivity contribution in [1.82, 2.24) is 10.0 Å². The minimum absolute atomic E-state index is 0.0781. The van der Waals surface area contributed by atoms with Gasteiger partial charge >= 0.3 is 0 Å². The topological polar surface area (TPSA) is 93.7 Å². The Labute approximate surface area is 137 Å². The van der Waals surface area contributed by atoms with Gasteiger partial charge < -0.3 is 14.8 Å². The number of methoxy groups -OCH3 is 1. The van der Waals surface area contributed by atoms with Crippen LogP contribution in [0.3, 0.4) is 0 Å². The normalized spacial score (nSPS) is 12.7. The zero-order valence-electron chi connectivity index (χ0n) is 13.7. The summed E-state index contributed by atoms with van der Waals surface area (Å²) in [5.41, 5.74) is 0. The highest BCUT2D eigenvalue weighted by molar-refractivity contribution is 7.89. The first kappa shape index (κ1) is 19.4. The van der Waals surface area contributed by atoms with Gasteiger partial charge in [-0.15, -0.1) is 0 Å². The molecule has 7 nitrogen and oxygen atoms in total. The number of nitrogens with one attached hydrogen (secondary N) is 2. The van der Waals surface area contributed by atoms with E-state index in [1.807, 2.05) is 6.92 Å². The first-order chi connectivity index (χ1) is 10.9. The van der Waals surface area contributed by atoms with Crippen molar-refractivity contribution in [2.75, 3.05) is 26.9 Å². The van der Waals surface area contributed by atoms with E-state index in [-0.39, 0.29) is 10.8 Å². The number of carbonyl (C=O) groups is 1. The molecule has 130 valence electrons. The first-order valence-electron chi connectivity index (χ1n) is 7.42. The fourth-order valence-corrected chi connectivity index (χ4v) is 3.00. The average molecular weight is 344 g/mol. The number of benzene rings is 1. The Hall–Kier alpha value is -1.64. The van der Waals surface area contributed by atoms with Gasteiger partial charge in [-0.05, 0) is 44.5 Å². The summed E-state index contributed by atoms with van der Waals surface area (Å²) < 4.78 is 36.9. The molecule has 0 aromatic heterocycles. The summed E-state index contributed by atoms with van der Waals surface area (Å²) in [5.74, 6) is 0.183. The second-order valence-corrected chi connectivity index (χ2v) is 6.57. The van der Waals surface area contributed by atoms with E-state index in [0.29, 0.717) is 31.9 Å². The molecule has 0 heterocycles. The zero-order chi connectivity index (χ0) is 17.3. The van der Waals surface area contributed by atoms with Crippen molar-refractivity contribution in [2.45, 2.75) is 31.2 Å². The average Bonchev–Trinajstić information content (AvgIpc) is 2.54. The predicted octanol–water partition coefficient (Wildman–Crippen LogP) is 0.905. The molecule has 1 aromatic rings. The largest absolute Gasteiger partial charge is 0.497 e. The maximum atomic E-state index is 12.2. The number of ether oxygens (including phenoxy) is 2. The van der Waals surface area contributed by atoms with Crippen LogP contribution in [0.15, 0.2) is 29.2 Å². The number of hydrogen-bond acceptors (Lipinski definition) is 5. The molecule has 0 bridgehead atoms. The number of hydrogen-bond donors (Lipinski definition) is 2. The lowest BCUT2D eigenvalue weighted by Crippen LogP contribution is -2.45. The van der Waals surface area contributed by atoms with Crippen LogP contribution in [0.4, 0.5) is 0 Å². The molecule has 1 aromatic carbocycles. The van der Waals surface area contributed by atoms with Crippen molar-refractivity contribution in [1.29, 1.82) is 0 Å². The maximum Gasteiger partial charge on any atom is 0.241 e. The molecule has 0 aliphatic carbocycles. The Balaban J connectivity index is 2.53. The lowest BCUT2D eigenvalue weighted by atomic mass is 10.3. The summed E-state index contributed by atoms with van der Waals surface area (Å²) in [6.07, 6.45) is 0.678. The molecule has 0 radical (unpaired) electrons. The van der Waals surface area contributed by atoms with Crippen LogP contribution in [0.1, 0.15) is 20.3 Å². The Morgan fingerprint density at radius 3 is 2.48 bits per heavy atom. The van der Waals surface area contributed by atoms with Gasteiger partial charge in [0.25, 0.3) is 0 Å². The van der Waals surface area contributed by atoms with Crippen LogP contribution in [0.25, 0.3) is 0 Å². The Bertz CT molecular complexity index is 586. The van der Waals surface area contributed by atoms with Crippen molar-refractivity contribution in [3.8, 4) is 5.75 Å². The Morgan fingerprint density at radius 2 is 1.91 bits per heavy atom. The van der Waals surface area contributed by atoms with Crippen molar-refractivity contribution in [3.05, 3.63) is 24.3 Å². The zero-order valence-corrected chi connectivity index (χ0v) is 14.5. The second-order valence-electron chi connectivity index (χ2n) is 4.86. The molecule has 0 unspecified atom stereocenters. The fourth-order valence-electron chi connectivity index (χ4n) is 1.79. The van der Waals surface area contributed by atoms with Gasteiger partial charge in [-0.2, -0.15) is 4.72 Å². The van der Waals surface area contributed by atoms with E-state index in [9.17, 15) is 13.2 Å². The molecule has 1 rings (SSSR count). The van der Waals surface area contributed by atoms with Crippen LogP contribution in [0.5, 0.6) is 5.75 Å². The second kappa shape index (κ2) is 9.49. The molecule has 1 amide bonds. The summed E-state index contributed by atoms with van der Waals surface area (Å²) in [4.78, 5) is 12.0. The molecule has 0 fully saturated rings. The molecule has 8 heteroatoms. The van der Waals surface area contributed by atoms with Gasteiger partial charge in [-0.25, -0.2) is 8.42 Å². The van der Waals surface area contributed by atoms with E-state index in [0.717, 1.165) is 0 Å². The summed E-state index contributed by atoms with van der Waals surface area (Å²) in [6, 6.07) is 5.08. The van der Waals surface area contributed by atoms with Crippen LogP contribution in [0, 0.1) is 0 Å². The molecule has 1 atom stereocenters. The Morgan fingerprint density at radius 1 is 1.26 bits per heavy atom. The van der Waals surface area contributed by atoms with Gasteiger partial charge in [0, 0.05) is 19.8 Å². The summed E-state index contributed by atoms with van der Waals surface area (Å²) in [5, 5.41) is 2.67. The highest BCUT2D eigenvalue weighted by Crippen LogP contribution is 2.15. The first-order valence-corrected chi connectivity index (χ1v) is 8.91. The quantitative estimate of drug-likeness (QED) is 0.615. The number of amides is 1. The van der Waals surface area contributed by atoms with E-state index >= 15 is 0 Å². The van der Waals surface area contributed by atoms with Crippen LogP contribution in [0.2, 0.25) is 0 Å². The highest BCUT2D eigenvalue weighted by atomic mass is 32.2. The van der Waals surface area contributed by atoms with Gasteiger partial charge in [0.1, 0.15) is 5.75 Å². The SMILES string of the molecule is CCOCCCNC(=O)[C@@H](C)NS(=O)(=O)c1ccc(OC)cc1. The van der Waals surface area contributed by atoms with Gasteiger partial charge in [0.05, 0.1) is 18.0 Å². The molecular weight excluding hydrogens is 320 g/mol. The van der Waals surface area contributed by atoms with Crippen LogP contribution >= 0.6 is 0 Å². The van der Waals surface area contributed by atoms with Gasteiger partial charge in [0.2, 0.25) is 15.9 Å². The smallest absolute Gasteiger partial charge is 0.241 e. The van der Waals surface area contributed by atoms with Crippen LogP contribution in [-0.2, 0) is 19.6 Å². The lowest BCUT2D eigenvalue weighted by molar-refractivity contribution is -0.122. The van der Waals surface area contributed by atoms with E-state index in [2.05, 4.69) is 10.0 Å². The molecule has 0 aliphatic rings. The van der Waals surface area contributed by atoms with Gasteiger partial charge in [0.15, 0.2) is 0 Å². The molecule has 0 aliphatic heterocycles. The highest BCUT2D eigenvalue weighted by Gasteiger charge is 2.21. The van der Waals surface area contributed by atoms with E-state index in [1.165, 1.54) is 26.2 Å². The summed E-state index contributed by atoms with van der Waals surface area (Å²) in [6.45, 7) is 5.02. The maximum absolute atomic E-state index is 12.2. The third-order valence-electron chi connectivity index (χ3n) is 3.06. The molecule has 23 heavy (non-hydrogen) atoms.